The third-order valence-corrected chi connectivity index (χ3v) is 2.20. The Labute approximate surface area is 67.0 Å². The van der Waals surface area contributed by atoms with Gasteiger partial charge in [-0.3, -0.25) is 0 Å². The molecule has 3 nitrogen and oxygen atoms in total. The van der Waals surface area contributed by atoms with E-state index in [0.717, 1.165) is 0 Å². The van der Waals surface area contributed by atoms with Crippen LogP contribution in [-0.4, -0.2) is 34.6 Å². The van der Waals surface area contributed by atoms with Gasteiger partial charge < -0.3 is 14.9 Å². The van der Waals surface area contributed by atoms with Crippen LogP contribution in [0.1, 0.15) is 20.8 Å². The Morgan fingerprint density at radius 3 is 1.91 bits per heavy atom. The molecule has 0 amide bonds. The Balaban J connectivity index is 2.59. The highest BCUT2D eigenvalue weighted by Gasteiger charge is 2.41. The van der Waals surface area contributed by atoms with Crippen molar-refractivity contribution in [2.45, 2.75) is 45.2 Å². The van der Waals surface area contributed by atoms with E-state index in [4.69, 9.17) is 4.74 Å². The van der Waals surface area contributed by atoms with E-state index in [1.54, 1.807) is 6.92 Å². The zero-order chi connectivity index (χ0) is 8.59. The van der Waals surface area contributed by atoms with E-state index in [1.807, 2.05) is 13.8 Å². The molecule has 1 aliphatic rings. The van der Waals surface area contributed by atoms with E-state index in [-0.39, 0.29) is 18.1 Å². The molecule has 0 radical (unpaired) electrons. The van der Waals surface area contributed by atoms with Crippen LogP contribution in [0.3, 0.4) is 0 Å². The van der Waals surface area contributed by atoms with Crippen molar-refractivity contribution in [3.05, 3.63) is 0 Å². The van der Waals surface area contributed by atoms with E-state index in [1.165, 1.54) is 0 Å². The van der Waals surface area contributed by atoms with E-state index in [2.05, 4.69) is 0 Å². The summed E-state index contributed by atoms with van der Waals surface area (Å²) in [6.07, 6.45) is -1.88. The van der Waals surface area contributed by atoms with Crippen molar-refractivity contribution in [2.24, 2.45) is 5.92 Å². The molecule has 1 saturated heterocycles. The van der Waals surface area contributed by atoms with Crippen LogP contribution in [0.5, 0.6) is 0 Å². The minimum Gasteiger partial charge on any atom is -0.388 e. The Bertz CT molecular complexity index is 135. The molecule has 4 atom stereocenters. The third-order valence-electron chi connectivity index (χ3n) is 2.20. The molecule has 0 aliphatic carbocycles. The minimum atomic E-state index is -0.720. The molecule has 1 rings (SSSR count). The number of ether oxygens (including phenoxy) is 1. The topological polar surface area (TPSA) is 49.7 Å². The first kappa shape index (κ1) is 8.97. The maximum absolute atomic E-state index is 9.42. The zero-order valence-electron chi connectivity index (χ0n) is 7.19. The predicted octanol–water partition coefficient (Wildman–Crippen LogP) is 0.152. The first-order valence-electron chi connectivity index (χ1n) is 4.05. The Morgan fingerprint density at radius 1 is 1.18 bits per heavy atom. The maximum Gasteiger partial charge on any atom is 0.109 e. The second-order valence-corrected chi connectivity index (χ2v) is 3.53. The average molecular weight is 160 g/mol. The second-order valence-electron chi connectivity index (χ2n) is 3.53. The number of rotatable bonds is 1. The van der Waals surface area contributed by atoms with Gasteiger partial charge >= 0.3 is 0 Å². The van der Waals surface area contributed by atoms with E-state index in [0.29, 0.717) is 0 Å². The van der Waals surface area contributed by atoms with Crippen molar-refractivity contribution in [3.63, 3.8) is 0 Å². The number of aliphatic hydroxyl groups excluding tert-OH is 2. The molecule has 1 aliphatic heterocycles. The largest absolute Gasteiger partial charge is 0.388 e. The molecule has 0 aromatic carbocycles. The summed E-state index contributed by atoms with van der Waals surface area (Å²) in [6, 6.07) is 0. The highest BCUT2D eigenvalue weighted by molar-refractivity contribution is 4.89. The lowest BCUT2D eigenvalue weighted by Gasteiger charge is -2.17. The van der Waals surface area contributed by atoms with Crippen LogP contribution in [0.15, 0.2) is 0 Å². The Kier molecular flexibility index (Phi) is 2.52. The molecule has 1 unspecified atom stereocenters. The molecular formula is C8H16O3. The van der Waals surface area contributed by atoms with Crippen LogP contribution in [0.4, 0.5) is 0 Å². The van der Waals surface area contributed by atoms with Gasteiger partial charge in [0, 0.05) is 0 Å². The highest BCUT2D eigenvalue weighted by atomic mass is 16.5. The SMILES string of the molecule is CC(C)[C@@H]1O[C@H](C)[C@H](O)C1O. The molecule has 11 heavy (non-hydrogen) atoms. The lowest BCUT2D eigenvalue weighted by Crippen LogP contribution is -2.33. The van der Waals surface area contributed by atoms with Gasteiger partial charge in [-0.15, -0.1) is 0 Å². The van der Waals surface area contributed by atoms with Crippen LogP contribution >= 0.6 is 0 Å². The molecule has 0 aromatic rings. The minimum absolute atomic E-state index is 0.208. The standard InChI is InChI=1S/C8H16O3/c1-4(2)8-7(10)6(9)5(3)11-8/h4-10H,1-3H3/t5-,6+,7?,8+/m1/s1. The number of hydrogen-bond acceptors (Lipinski definition) is 3. The molecule has 1 heterocycles. The molecule has 0 saturated carbocycles. The van der Waals surface area contributed by atoms with Gasteiger partial charge in [0.2, 0.25) is 0 Å². The normalized spacial score (nSPS) is 45.3. The third kappa shape index (κ3) is 1.55. The van der Waals surface area contributed by atoms with Gasteiger partial charge in [-0.2, -0.15) is 0 Å². The summed E-state index contributed by atoms with van der Waals surface area (Å²) in [5.41, 5.74) is 0. The summed E-state index contributed by atoms with van der Waals surface area (Å²) >= 11 is 0. The van der Waals surface area contributed by atoms with Crippen LogP contribution < -0.4 is 0 Å². The van der Waals surface area contributed by atoms with Crippen LogP contribution in [0.2, 0.25) is 0 Å². The molecule has 2 N–H and O–H groups in total. The summed E-state index contributed by atoms with van der Waals surface area (Å²) in [4.78, 5) is 0. The molecular weight excluding hydrogens is 144 g/mol. The molecule has 1 fully saturated rings. The van der Waals surface area contributed by atoms with Gasteiger partial charge in [-0.1, -0.05) is 13.8 Å². The average Bonchev–Trinajstić information content (AvgIpc) is 2.17. The first-order chi connectivity index (χ1) is 5.04. The molecule has 0 spiro atoms. The summed E-state index contributed by atoms with van der Waals surface area (Å²) < 4.78 is 5.35. The summed E-state index contributed by atoms with van der Waals surface area (Å²) in [7, 11) is 0. The van der Waals surface area contributed by atoms with Crippen molar-refractivity contribution in [3.8, 4) is 0 Å². The van der Waals surface area contributed by atoms with Crippen molar-refractivity contribution >= 4 is 0 Å². The molecule has 0 aromatic heterocycles. The summed E-state index contributed by atoms with van der Waals surface area (Å²) in [5, 5.41) is 18.7. The van der Waals surface area contributed by atoms with Gasteiger partial charge in [0.25, 0.3) is 0 Å². The zero-order valence-corrected chi connectivity index (χ0v) is 7.19. The van der Waals surface area contributed by atoms with Gasteiger partial charge in [-0.25, -0.2) is 0 Å². The Hall–Kier alpha value is -0.120. The molecule has 0 bridgehead atoms. The molecule has 3 heteroatoms. The van der Waals surface area contributed by atoms with Crippen molar-refractivity contribution < 1.29 is 14.9 Å². The van der Waals surface area contributed by atoms with Crippen molar-refractivity contribution in [1.29, 1.82) is 0 Å². The van der Waals surface area contributed by atoms with Crippen LogP contribution in [0, 0.1) is 5.92 Å². The van der Waals surface area contributed by atoms with Gasteiger partial charge in [0.1, 0.15) is 12.2 Å². The van der Waals surface area contributed by atoms with E-state index in [9.17, 15) is 10.2 Å². The lowest BCUT2D eigenvalue weighted by molar-refractivity contribution is -0.0115. The fourth-order valence-electron chi connectivity index (χ4n) is 1.43. The fraction of sp³-hybridized carbons (Fsp3) is 1.00. The quantitative estimate of drug-likeness (QED) is 0.574. The number of aliphatic hydroxyl groups is 2. The summed E-state index contributed by atoms with van der Waals surface area (Å²) in [6.45, 7) is 5.72. The Morgan fingerprint density at radius 2 is 1.73 bits per heavy atom. The molecule has 66 valence electrons. The van der Waals surface area contributed by atoms with Gasteiger partial charge in [0.05, 0.1) is 12.2 Å². The van der Waals surface area contributed by atoms with Crippen molar-refractivity contribution in [2.75, 3.05) is 0 Å². The number of hydrogen-bond donors (Lipinski definition) is 2. The van der Waals surface area contributed by atoms with E-state index < -0.39 is 12.2 Å². The summed E-state index contributed by atoms with van der Waals surface area (Å²) in [5.74, 6) is 0.254. The van der Waals surface area contributed by atoms with Gasteiger partial charge in [-0.05, 0) is 12.8 Å². The van der Waals surface area contributed by atoms with Crippen molar-refractivity contribution in [1.82, 2.24) is 0 Å². The lowest BCUT2D eigenvalue weighted by atomic mass is 10.00. The second kappa shape index (κ2) is 3.09. The predicted molar refractivity (Wildman–Crippen MR) is 41.2 cm³/mol. The van der Waals surface area contributed by atoms with Gasteiger partial charge in [0.15, 0.2) is 0 Å². The van der Waals surface area contributed by atoms with E-state index >= 15 is 0 Å². The van der Waals surface area contributed by atoms with Crippen LogP contribution in [0.25, 0.3) is 0 Å². The monoisotopic (exact) mass is 160 g/mol. The fourth-order valence-corrected chi connectivity index (χ4v) is 1.43. The highest BCUT2D eigenvalue weighted by Crippen LogP contribution is 2.25. The van der Waals surface area contributed by atoms with Crippen LogP contribution in [-0.2, 0) is 4.74 Å². The first-order valence-corrected chi connectivity index (χ1v) is 4.05. The maximum atomic E-state index is 9.42. The smallest absolute Gasteiger partial charge is 0.109 e.